The van der Waals surface area contributed by atoms with Crippen molar-refractivity contribution in [2.45, 2.75) is 36.7 Å². The number of likely N-dealkylation sites (tertiary alicyclic amines) is 1. The molecule has 5 nitrogen and oxygen atoms in total. The molecule has 0 radical (unpaired) electrons. The van der Waals surface area contributed by atoms with Gasteiger partial charge in [-0.25, -0.2) is 0 Å². The molecule has 0 saturated carbocycles. The van der Waals surface area contributed by atoms with Gasteiger partial charge in [0.25, 0.3) is 0 Å². The van der Waals surface area contributed by atoms with Crippen LogP contribution in [0.1, 0.15) is 30.6 Å². The maximum Gasteiger partial charge on any atom is 0.240 e. The molecular formula is C20H22N4OS2. The minimum atomic E-state index is -0.296. The Morgan fingerprint density at radius 3 is 2.59 bits per heavy atom. The molecular weight excluding hydrogens is 376 g/mol. The summed E-state index contributed by atoms with van der Waals surface area (Å²) in [6.07, 6.45) is 2.18. The highest BCUT2D eigenvalue weighted by molar-refractivity contribution is 8.00. The van der Waals surface area contributed by atoms with Gasteiger partial charge in [-0.15, -0.1) is 21.5 Å². The molecule has 1 fully saturated rings. The number of carbonyl (C=O) groups is 1. The Morgan fingerprint density at radius 1 is 1.15 bits per heavy atom. The van der Waals surface area contributed by atoms with E-state index in [0.29, 0.717) is 0 Å². The van der Waals surface area contributed by atoms with Crippen LogP contribution in [0.3, 0.4) is 0 Å². The molecule has 1 atom stereocenters. The van der Waals surface area contributed by atoms with Gasteiger partial charge in [-0.05, 0) is 36.8 Å². The summed E-state index contributed by atoms with van der Waals surface area (Å²) >= 11 is 3.16. The molecule has 140 valence electrons. The van der Waals surface area contributed by atoms with Crippen LogP contribution in [-0.4, -0.2) is 38.7 Å². The van der Waals surface area contributed by atoms with Crippen molar-refractivity contribution in [1.82, 2.24) is 19.7 Å². The van der Waals surface area contributed by atoms with E-state index in [1.807, 2.05) is 46.7 Å². The van der Waals surface area contributed by atoms with Crippen molar-refractivity contribution in [2.24, 2.45) is 0 Å². The van der Waals surface area contributed by atoms with Crippen LogP contribution in [0.5, 0.6) is 0 Å². The van der Waals surface area contributed by atoms with Crippen molar-refractivity contribution in [3.05, 3.63) is 53.4 Å². The highest BCUT2D eigenvalue weighted by Crippen LogP contribution is 2.38. The summed E-state index contributed by atoms with van der Waals surface area (Å²) < 4.78 is 2.10. The zero-order chi connectivity index (χ0) is 18.6. The van der Waals surface area contributed by atoms with E-state index in [1.165, 1.54) is 11.8 Å². The zero-order valence-electron chi connectivity index (χ0n) is 15.2. The predicted molar refractivity (Wildman–Crippen MR) is 110 cm³/mol. The van der Waals surface area contributed by atoms with Gasteiger partial charge in [0.1, 0.15) is 5.25 Å². The Hall–Kier alpha value is -2.12. The zero-order valence-corrected chi connectivity index (χ0v) is 16.9. The van der Waals surface area contributed by atoms with E-state index in [9.17, 15) is 4.79 Å². The second-order valence-electron chi connectivity index (χ2n) is 6.47. The van der Waals surface area contributed by atoms with E-state index >= 15 is 0 Å². The molecule has 27 heavy (non-hydrogen) atoms. The van der Waals surface area contributed by atoms with Crippen molar-refractivity contribution >= 4 is 29.0 Å². The lowest BCUT2D eigenvalue weighted by atomic mass is 10.1. The molecule has 0 unspecified atom stereocenters. The molecule has 7 heteroatoms. The van der Waals surface area contributed by atoms with Crippen molar-refractivity contribution in [1.29, 1.82) is 0 Å². The van der Waals surface area contributed by atoms with Gasteiger partial charge in [-0.3, -0.25) is 4.79 Å². The summed E-state index contributed by atoms with van der Waals surface area (Å²) in [6, 6.07) is 14.1. The Bertz CT molecular complexity index is 886. The second-order valence-corrected chi connectivity index (χ2v) is 8.49. The fourth-order valence-corrected chi connectivity index (χ4v) is 5.25. The van der Waals surface area contributed by atoms with Gasteiger partial charge in [-0.2, -0.15) is 0 Å². The lowest BCUT2D eigenvalue weighted by Crippen LogP contribution is -2.31. The van der Waals surface area contributed by atoms with Crippen LogP contribution in [0.2, 0.25) is 0 Å². The quantitative estimate of drug-likeness (QED) is 0.575. The summed E-state index contributed by atoms with van der Waals surface area (Å²) in [7, 11) is 0. The van der Waals surface area contributed by atoms with Gasteiger partial charge < -0.3 is 9.47 Å². The summed E-state index contributed by atoms with van der Waals surface area (Å²) in [5, 5.41) is 11.4. The molecule has 3 heterocycles. The van der Waals surface area contributed by atoms with E-state index in [1.54, 1.807) is 11.3 Å². The molecule has 1 amide bonds. The van der Waals surface area contributed by atoms with Gasteiger partial charge in [0.15, 0.2) is 11.0 Å². The van der Waals surface area contributed by atoms with Crippen LogP contribution in [-0.2, 0) is 11.3 Å². The number of carbonyl (C=O) groups excluding carboxylic acids is 1. The molecule has 1 aromatic carbocycles. The second kappa shape index (κ2) is 8.27. The van der Waals surface area contributed by atoms with Gasteiger partial charge in [0.05, 0.1) is 4.88 Å². The first-order chi connectivity index (χ1) is 13.3. The highest BCUT2D eigenvalue weighted by atomic mass is 32.2. The number of hydrogen-bond donors (Lipinski definition) is 0. The minimum Gasteiger partial charge on any atom is -0.341 e. The monoisotopic (exact) mass is 398 g/mol. The Morgan fingerprint density at radius 2 is 1.93 bits per heavy atom. The standard InChI is InChI=1S/C20H22N4OS2/c1-2-24-18(16-11-8-14-26-16)21-22-20(24)27-17(15-9-4-3-5-10-15)19(25)23-12-6-7-13-23/h3-5,8-11,14,17H,2,6-7,12-13H2,1H3/t17-/m0/s1. The molecule has 3 aromatic rings. The molecule has 4 rings (SSSR count). The molecule has 1 aliphatic heterocycles. The first-order valence-electron chi connectivity index (χ1n) is 9.25. The van der Waals surface area contributed by atoms with Crippen LogP contribution >= 0.6 is 23.1 Å². The lowest BCUT2D eigenvalue weighted by Gasteiger charge is -2.23. The van der Waals surface area contributed by atoms with E-state index in [-0.39, 0.29) is 11.2 Å². The van der Waals surface area contributed by atoms with E-state index in [0.717, 1.165) is 53.9 Å². The van der Waals surface area contributed by atoms with Crippen molar-refractivity contribution in [2.75, 3.05) is 13.1 Å². The summed E-state index contributed by atoms with van der Waals surface area (Å²) in [5.41, 5.74) is 1.02. The van der Waals surface area contributed by atoms with Crippen LogP contribution < -0.4 is 0 Å². The number of thioether (sulfide) groups is 1. The van der Waals surface area contributed by atoms with Crippen molar-refractivity contribution < 1.29 is 4.79 Å². The van der Waals surface area contributed by atoms with E-state index in [2.05, 4.69) is 27.8 Å². The van der Waals surface area contributed by atoms with Gasteiger partial charge in [-0.1, -0.05) is 48.2 Å². The predicted octanol–water partition coefficient (Wildman–Crippen LogP) is 4.48. The summed E-state index contributed by atoms with van der Waals surface area (Å²) in [5.74, 6) is 1.04. The molecule has 2 aromatic heterocycles. The molecule has 0 spiro atoms. The molecule has 0 aliphatic carbocycles. The molecule has 1 saturated heterocycles. The van der Waals surface area contributed by atoms with Crippen molar-refractivity contribution in [3.63, 3.8) is 0 Å². The highest BCUT2D eigenvalue weighted by Gasteiger charge is 2.30. The first kappa shape index (κ1) is 18.3. The third kappa shape index (κ3) is 3.80. The van der Waals surface area contributed by atoms with E-state index in [4.69, 9.17) is 0 Å². The van der Waals surface area contributed by atoms with Crippen molar-refractivity contribution in [3.8, 4) is 10.7 Å². The topological polar surface area (TPSA) is 51.0 Å². The smallest absolute Gasteiger partial charge is 0.240 e. The molecule has 0 bridgehead atoms. The van der Waals surface area contributed by atoms with Crippen LogP contribution in [0.4, 0.5) is 0 Å². The van der Waals surface area contributed by atoms with Gasteiger partial charge in [0.2, 0.25) is 5.91 Å². The van der Waals surface area contributed by atoms with Crippen LogP contribution in [0, 0.1) is 0 Å². The molecule has 0 N–H and O–H groups in total. The summed E-state index contributed by atoms with van der Waals surface area (Å²) in [6.45, 7) is 4.56. The number of rotatable bonds is 6. The fourth-order valence-electron chi connectivity index (χ4n) is 3.35. The van der Waals surface area contributed by atoms with Crippen LogP contribution in [0.15, 0.2) is 53.0 Å². The fraction of sp³-hybridized carbons (Fsp3) is 0.350. The van der Waals surface area contributed by atoms with E-state index < -0.39 is 0 Å². The van der Waals surface area contributed by atoms with Crippen LogP contribution in [0.25, 0.3) is 10.7 Å². The Labute approximate surface area is 167 Å². The first-order valence-corrected chi connectivity index (χ1v) is 11.0. The number of aromatic nitrogens is 3. The third-order valence-corrected chi connectivity index (χ3v) is 6.83. The maximum absolute atomic E-state index is 13.2. The third-order valence-electron chi connectivity index (χ3n) is 4.74. The Balaban J connectivity index is 1.67. The SMILES string of the molecule is CCn1c(S[C@H](C(=O)N2CCCC2)c2ccccc2)nnc1-c1cccs1. The number of thiophene rings is 1. The lowest BCUT2D eigenvalue weighted by molar-refractivity contribution is -0.129. The number of nitrogens with zero attached hydrogens (tertiary/aromatic N) is 4. The average Bonchev–Trinajstić information content (AvgIpc) is 3.47. The number of amides is 1. The summed E-state index contributed by atoms with van der Waals surface area (Å²) in [4.78, 5) is 16.3. The maximum atomic E-state index is 13.2. The van der Waals surface area contributed by atoms with Gasteiger partial charge in [0, 0.05) is 19.6 Å². The minimum absolute atomic E-state index is 0.173. The number of hydrogen-bond acceptors (Lipinski definition) is 5. The van der Waals surface area contributed by atoms with Gasteiger partial charge >= 0.3 is 0 Å². The Kier molecular flexibility index (Phi) is 5.59. The normalized spacial score (nSPS) is 15.2. The largest absolute Gasteiger partial charge is 0.341 e. The molecule has 1 aliphatic rings. The number of benzene rings is 1. The average molecular weight is 399 g/mol.